The van der Waals surface area contributed by atoms with Gasteiger partial charge in [0.1, 0.15) is 0 Å². The molecule has 0 aromatic carbocycles. The number of rotatable bonds is 4. The highest BCUT2D eigenvalue weighted by Gasteiger charge is 2.27. The number of guanidine groups is 1. The van der Waals surface area contributed by atoms with Gasteiger partial charge in [-0.2, -0.15) is 5.10 Å². The summed E-state index contributed by atoms with van der Waals surface area (Å²) in [4.78, 5) is 6.52. The minimum Gasteiger partial charge on any atom is -0.370 e. The van der Waals surface area contributed by atoms with E-state index in [9.17, 15) is 0 Å². The van der Waals surface area contributed by atoms with Crippen LogP contribution in [0.2, 0.25) is 0 Å². The van der Waals surface area contributed by atoms with Crippen molar-refractivity contribution in [3.63, 3.8) is 0 Å². The van der Waals surface area contributed by atoms with Gasteiger partial charge in [0.25, 0.3) is 0 Å². The molecule has 2 fully saturated rings. The van der Waals surface area contributed by atoms with Crippen molar-refractivity contribution >= 4 is 29.9 Å². The summed E-state index contributed by atoms with van der Waals surface area (Å²) in [5.41, 5.74) is 6.99. The lowest BCUT2D eigenvalue weighted by Gasteiger charge is -2.16. The van der Waals surface area contributed by atoms with Gasteiger partial charge in [-0.3, -0.25) is 4.68 Å². The molecule has 2 saturated carbocycles. The second-order valence-electron chi connectivity index (χ2n) is 5.74. The Labute approximate surface area is 137 Å². The molecule has 1 aromatic heterocycles. The van der Waals surface area contributed by atoms with Crippen LogP contribution in [0.15, 0.2) is 17.3 Å². The molecule has 0 unspecified atom stereocenters. The van der Waals surface area contributed by atoms with Crippen LogP contribution in [0.4, 0.5) is 0 Å². The zero-order valence-corrected chi connectivity index (χ0v) is 14.4. The molecular formula is C14H24IN5. The maximum absolute atomic E-state index is 5.98. The number of aliphatic imine (C=N–C) groups is 1. The number of nitrogens with two attached hydrogens (primary N) is 1. The van der Waals surface area contributed by atoms with E-state index in [0.717, 1.165) is 5.69 Å². The first-order valence-corrected chi connectivity index (χ1v) is 7.31. The Morgan fingerprint density at radius 2 is 2.10 bits per heavy atom. The van der Waals surface area contributed by atoms with E-state index in [-0.39, 0.29) is 24.0 Å². The van der Waals surface area contributed by atoms with Gasteiger partial charge in [-0.05, 0) is 31.7 Å². The van der Waals surface area contributed by atoms with E-state index in [1.807, 2.05) is 7.05 Å². The Bertz CT molecular complexity index is 460. The van der Waals surface area contributed by atoms with Crippen LogP contribution in [0.25, 0.3) is 0 Å². The zero-order valence-electron chi connectivity index (χ0n) is 12.0. The highest BCUT2D eigenvalue weighted by Crippen LogP contribution is 2.28. The third-order valence-corrected chi connectivity index (χ3v) is 4.22. The summed E-state index contributed by atoms with van der Waals surface area (Å²) in [6, 6.07) is 3.27. The van der Waals surface area contributed by atoms with Crippen molar-refractivity contribution in [3.8, 4) is 0 Å². The average Bonchev–Trinajstić information content (AvgIpc) is 2.93. The van der Waals surface area contributed by atoms with Crippen LogP contribution in [0.5, 0.6) is 0 Å². The van der Waals surface area contributed by atoms with Crippen LogP contribution >= 0.6 is 24.0 Å². The molecule has 20 heavy (non-hydrogen) atoms. The Kier molecular flexibility index (Phi) is 5.29. The summed E-state index contributed by atoms with van der Waals surface area (Å²) in [5.74, 6) is 0.637. The van der Waals surface area contributed by atoms with E-state index in [1.165, 1.54) is 38.5 Å². The van der Waals surface area contributed by atoms with E-state index in [1.54, 1.807) is 0 Å². The largest absolute Gasteiger partial charge is 0.370 e. The van der Waals surface area contributed by atoms with Gasteiger partial charge in [0, 0.05) is 19.3 Å². The Balaban J connectivity index is 0.00000147. The van der Waals surface area contributed by atoms with Crippen LogP contribution in [-0.4, -0.2) is 33.7 Å². The van der Waals surface area contributed by atoms with E-state index >= 15 is 0 Å². The van der Waals surface area contributed by atoms with Gasteiger partial charge in [-0.1, -0.05) is 12.8 Å². The molecule has 6 heteroatoms. The van der Waals surface area contributed by atoms with Crippen molar-refractivity contribution in [1.82, 2.24) is 14.7 Å². The van der Waals surface area contributed by atoms with Crippen LogP contribution in [-0.2, 0) is 6.54 Å². The topological polar surface area (TPSA) is 59.4 Å². The molecule has 1 heterocycles. The van der Waals surface area contributed by atoms with Crippen molar-refractivity contribution in [1.29, 1.82) is 0 Å². The van der Waals surface area contributed by atoms with Gasteiger partial charge in [0.05, 0.1) is 18.3 Å². The SMILES string of the molecule is CN(C(N)=NCc1ccn(C2CCCC2)n1)C1CC1.I. The normalized spacial score (nSPS) is 19.9. The fraction of sp³-hybridized carbons (Fsp3) is 0.714. The number of hydrogen-bond acceptors (Lipinski definition) is 2. The van der Waals surface area contributed by atoms with Gasteiger partial charge in [-0.25, -0.2) is 4.99 Å². The number of halogens is 1. The van der Waals surface area contributed by atoms with Crippen LogP contribution in [0.1, 0.15) is 50.3 Å². The third-order valence-electron chi connectivity index (χ3n) is 4.22. The first-order chi connectivity index (χ1) is 9.24. The van der Waals surface area contributed by atoms with Crippen molar-refractivity contribution in [2.24, 2.45) is 10.7 Å². The Morgan fingerprint density at radius 3 is 2.75 bits per heavy atom. The second-order valence-corrected chi connectivity index (χ2v) is 5.74. The van der Waals surface area contributed by atoms with Gasteiger partial charge in [-0.15, -0.1) is 24.0 Å². The molecule has 0 bridgehead atoms. The lowest BCUT2D eigenvalue weighted by atomic mass is 10.3. The molecule has 0 atom stereocenters. The maximum Gasteiger partial charge on any atom is 0.191 e. The lowest BCUT2D eigenvalue weighted by molar-refractivity contribution is 0.462. The Hall–Kier alpha value is -0.790. The quantitative estimate of drug-likeness (QED) is 0.489. The minimum atomic E-state index is 0. The summed E-state index contributed by atoms with van der Waals surface area (Å²) < 4.78 is 2.11. The molecule has 0 spiro atoms. The Morgan fingerprint density at radius 1 is 1.40 bits per heavy atom. The first kappa shape index (κ1) is 15.6. The average molecular weight is 389 g/mol. The monoisotopic (exact) mass is 389 g/mol. The molecule has 0 aliphatic heterocycles. The summed E-state index contributed by atoms with van der Waals surface area (Å²) >= 11 is 0. The summed E-state index contributed by atoms with van der Waals surface area (Å²) in [6.07, 6.45) is 9.75. The molecule has 0 amide bonds. The standard InChI is InChI=1S/C14H23N5.HI/c1-18(12-6-7-12)14(15)16-10-11-8-9-19(17-11)13-4-2-3-5-13;/h8-9,12-13H,2-7,10H2,1H3,(H2,15,16);1H. The van der Waals surface area contributed by atoms with Crippen molar-refractivity contribution in [2.45, 2.75) is 57.2 Å². The van der Waals surface area contributed by atoms with E-state index < -0.39 is 0 Å². The van der Waals surface area contributed by atoms with Gasteiger partial charge >= 0.3 is 0 Å². The third kappa shape index (κ3) is 3.65. The second kappa shape index (κ2) is 6.78. The molecular weight excluding hydrogens is 365 g/mol. The van der Waals surface area contributed by atoms with Crippen molar-refractivity contribution in [3.05, 3.63) is 18.0 Å². The van der Waals surface area contributed by atoms with E-state index in [2.05, 4.69) is 31.9 Å². The lowest BCUT2D eigenvalue weighted by Crippen LogP contribution is -2.35. The molecule has 2 aliphatic carbocycles. The molecule has 5 nitrogen and oxygen atoms in total. The highest BCUT2D eigenvalue weighted by molar-refractivity contribution is 14.0. The number of aromatic nitrogens is 2. The van der Waals surface area contributed by atoms with Gasteiger partial charge in [0.2, 0.25) is 0 Å². The molecule has 3 rings (SSSR count). The van der Waals surface area contributed by atoms with Gasteiger partial charge < -0.3 is 10.6 Å². The maximum atomic E-state index is 5.98. The molecule has 0 saturated heterocycles. The predicted octanol–water partition coefficient (Wildman–Crippen LogP) is 2.53. The molecule has 112 valence electrons. The molecule has 1 aromatic rings. The smallest absolute Gasteiger partial charge is 0.191 e. The van der Waals surface area contributed by atoms with E-state index in [0.29, 0.717) is 24.6 Å². The predicted molar refractivity (Wildman–Crippen MR) is 91.3 cm³/mol. The molecule has 2 aliphatic rings. The van der Waals surface area contributed by atoms with Gasteiger partial charge in [0.15, 0.2) is 5.96 Å². The fourth-order valence-electron chi connectivity index (χ4n) is 2.76. The van der Waals surface area contributed by atoms with Crippen LogP contribution < -0.4 is 5.73 Å². The van der Waals surface area contributed by atoms with Crippen LogP contribution in [0.3, 0.4) is 0 Å². The highest BCUT2D eigenvalue weighted by atomic mass is 127. The van der Waals surface area contributed by atoms with Crippen molar-refractivity contribution < 1.29 is 0 Å². The zero-order chi connectivity index (χ0) is 13.2. The van der Waals surface area contributed by atoms with E-state index in [4.69, 9.17) is 5.73 Å². The fourth-order valence-corrected chi connectivity index (χ4v) is 2.76. The number of nitrogens with zero attached hydrogens (tertiary/aromatic N) is 4. The molecule has 0 radical (unpaired) electrons. The summed E-state index contributed by atoms with van der Waals surface area (Å²) in [6.45, 7) is 0.586. The summed E-state index contributed by atoms with van der Waals surface area (Å²) in [7, 11) is 2.02. The molecule has 2 N–H and O–H groups in total. The minimum absolute atomic E-state index is 0. The number of hydrogen-bond donors (Lipinski definition) is 1. The first-order valence-electron chi connectivity index (χ1n) is 7.31. The summed E-state index contributed by atoms with van der Waals surface area (Å²) in [5, 5.41) is 4.62. The van der Waals surface area contributed by atoms with Crippen molar-refractivity contribution in [2.75, 3.05) is 7.05 Å². The van der Waals surface area contributed by atoms with Crippen LogP contribution in [0, 0.1) is 0 Å².